The normalized spacial score (nSPS) is 26.8. The lowest BCUT2D eigenvalue weighted by Crippen LogP contribution is -2.37. The van der Waals surface area contributed by atoms with E-state index in [-0.39, 0.29) is 13.0 Å². The molecular weight excluding hydrogens is 285 g/mol. The van der Waals surface area contributed by atoms with Crippen molar-refractivity contribution in [2.24, 2.45) is 11.3 Å². The van der Waals surface area contributed by atoms with Crippen LogP contribution in [0.5, 0.6) is 0 Å². The van der Waals surface area contributed by atoms with E-state index in [1.54, 1.807) is 0 Å². The molecule has 124 valence electrons. The van der Waals surface area contributed by atoms with E-state index >= 15 is 0 Å². The number of rotatable bonds is 8. The van der Waals surface area contributed by atoms with Gasteiger partial charge in [-0.15, -0.1) is 0 Å². The van der Waals surface area contributed by atoms with Gasteiger partial charge in [0.15, 0.2) is 0 Å². The highest BCUT2D eigenvalue weighted by molar-refractivity contribution is 5.74. The fourth-order valence-corrected chi connectivity index (χ4v) is 3.04. The molecule has 0 aliphatic heterocycles. The third kappa shape index (κ3) is 6.24. The first-order chi connectivity index (χ1) is 9.79. The highest BCUT2D eigenvalue weighted by Gasteiger charge is 2.41. The van der Waals surface area contributed by atoms with Crippen molar-refractivity contribution in [1.29, 1.82) is 0 Å². The van der Waals surface area contributed by atoms with Gasteiger partial charge < -0.3 is 9.84 Å². The Morgan fingerprint density at radius 1 is 1.33 bits per heavy atom. The Kier molecular flexibility index (Phi) is 6.97. The van der Waals surface area contributed by atoms with Crippen LogP contribution in [0.2, 0.25) is 0 Å². The number of ether oxygens (including phenoxy) is 1. The second-order valence-electron chi connectivity index (χ2n) is 6.09. The van der Waals surface area contributed by atoms with E-state index in [4.69, 9.17) is 0 Å². The molecule has 21 heavy (non-hydrogen) atoms. The lowest BCUT2D eigenvalue weighted by Gasteiger charge is -2.37. The van der Waals surface area contributed by atoms with E-state index in [0.29, 0.717) is 18.8 Å². The van der Waals surface area contributed by atoms with E-state index in [1.165, 1.54) is 0 Å². The number of unbranched alkanes of at least 4 members (excludes halogenated alkanes) is 1. The van der Waals surface area contributed by atoms with Gasteiger partial charge in [-0.2, -0.15) is 13.2 Å². The number of hydrogen-bond acceptors (Lipinski definition) is 2. The van der Waals surface area contributed by atoms with E-state index in [1.807, 2.05) is 0 Å². The van der Waals surface area contributed by atoms with E-state index in [9.17, 15) is 23.1 Å². The number of aliphatic carboxylic acids is 1. The Balaban J connectivity index is 2.41. The molecule has 0 bridgehead atoms. The molecule has 0 heterocycles. The minimum atomic E-state index is -4.35. The number of carbonyl (C=O) groups is 1. The largest absolute Gasteiger partial charge is 0.481 e. The van der Waals surface area contributed by atoms with Crippen LogP contribution < -0.4 is 0 Å². The molecule has 0 aromatic carbocycles. The van der Waals surface area contributed by atoms with Crippen LogP contribution in [0.25, 0.3) is 0 Å². The molecule has 0 saturated heterocycles. The van der Waals surface area contributed by atoms with Crippen molar-refractivity contribution in [3.05, 3.63) is 0 Å². The van der Waals surface area contributed by atoms with Crippen molar-refractivity contribution in [3.8, 4) is 0 Å². The summed E-state index contributed by atoms with van der Waals surface area (Å²) in [7, 11) is 0. The molecule has 0 atom stereocenters. The predicted molar refractivity (Wildman–Crippen MR) is 73.0 cm³/mol. The topological polar surface area (TPSA) is 46.5 Å². The quantitative estimate of drug-likeness (QED) is 0.676. The Labute approximate surface area is 123 Å². The van der Waals surface area contributed by atoms with Crippen molar-refractivity contribution in [2.75, 3.05) is 13.2 Å². The second-order valence-corrected chi connectivity index (χ2v) is 6.09. The first-order valence-electron chi connectivity index (χ1n) is 7.67. The molecule has 0 aromatic heterocycles. The molecular formula is C15H25F3O3. The summed E-state index contributed by atoms with van der Waals surface area (Å²) in [5, 5.41) is 9.43. The van der Waals surface area contributed by atoms with E-state index in [0.717, 1.165) is 32.1 Å². The molecule has 6 heteroatoms. The first kappa shape index (κ1) is 18.3. The van der Waals surface area contributed by atoms with Crippen LogP contribution in [-0.2, 0) is 9.53 Å². The lowest BCUT2D eigenvalue weighted by atomic mass is 9.68. The Morgan fingerprint density at radius 3 is 2.43 bits per heavy atom. The second kappa shape index (κ2) is 8.01. The summed E-state index contributed by atoms with van der Waals surface area (Å²) in [6.07, 6.45) is 2.02. The van der Waals surface area contributed by atoms with Gasteiger partial charge in [0.25, 0.3) is 0 Å². The number of carboxylic acid groups (broad SMARTS) is 1. The summed E-state index contributed by atoms with van der Waals surface area (Å²) in [5.41, 5.74) is -0.895. The van der Waals surface area contributed by atoms with E-state index < -0.39 is 24.2 Å². The summed E-state index contributed by atoms with van der Waals surface area (Å²) < 4.78 is 40.6. The first-order valence-corrected chi connectivity index (χ1v) is 7.67. The fourth-order valence-electron chi connectivity index (χ4n) is 3.04. The van der Waals surface area contributed by atoms with Crippen molar-refractivity contribution >= 4 is 5.97 Å². The van der Waals surface area contributed by atoms with Crippen LogP contribution in [0, 0.1) is 11.3 Å². The van der Waals surface area contributed by atoms with Crippen LogP contribution in [0.1, 0.15) is 58.3 Å². The number of hydrogen-bond donors (Lipinski definition) is 1. The minimum Gasteiger partial charge on any atom is -0.481 e. The van der Waals surface area contributed by atoms with Gasteiger partial charge >= 0.3 is 12.1 Å². The average Bonchev–Trinajstić information content (AvgIpc) is 2.41. The van der Waals surface area contributed by atoms with Gasteiger partial charge in [0.2, 0.25) is 0 Å². The van der Waals surface area contributed by atoms with Crippen LogP contribution in [-0.4, -0.2) is 30.5 Å². The van der Waals surface area contributed by atoms with Crippen molar-refractivity contribution in [1.82, 2.24) is 0 Å². The smallest absolute Gasteiger partial charge is 0.411 e. The molecule has 1 fully saturated rings. The molecule has 0 radical (unpaired) electrons. The van der Waals surface area contributed by atoms with E-state index in [2.05, 4.69) is 11.7 Å². The fraction of sp³-hybridized carbons (Fsp3) is 0.933. The van der Waals surface area contributed by atoms with Crippen LogP contribution in [0.15, 0.2) is 0 Å². The Bertz CT molecular complexity index is 321. The third-order valence-electron chi connectivity index (χ3n) is 4.47. The average molecular weight is 310 g/mol. The number of halogens is 3. The molecule has 0 amide bonds. The van der Waals surface area contributed by atoms with Gasteiger partial charge in [0, 0.05) is 6.61 Å². The molecule has 0 spiro atoms. The molecule has 3 nitrogen and oxygen atoms in total. The zero-order chi connectivity index (χ0) is 15.9. The lowest BCUT2D eigenvalue weighted by molar-refractivity contribution is -0.177. The predicted octanol–water partition coefficient (Wildman–Crippen LogP) is 4.41. The maximum absolute atomic E-state index is 12.0. The summed E-state index contributed by atoms with van der Waals surface area (Å²) in [6.45, 7) is 0.676. The molecule has 1 aliphatic rings. The van der Waals surface area contributed by atoms with Gasteiger partial charge in [-0.25, -0.2) is 0 Å². The van der Waals surface area contributed by atoms with Crippen LogP contribution >= 0.6 is 0 Å². The Hall–Kier alpha value is -0.780. The molecule has 1 saturated carbocycles. The zero-order valence-corrected chi connectivity index (χ0v) is 12.5. The van der Waals surface area contributed by atoms with Crippen LogP contribution in [0.4, 0.5) is 13.2 Å². The maximum atomic E-state index is 12.0. The summed E-state index contributed by atoms with van der Waals surface area (Å²) >= 11 is 0. The molecule has 1 aliphatic carbocycles. The molecule has 0 unspecified atom stereocenters. The van der Waals surface area contributed by atoms with Gasteiger partial charge in [-0.1, -0.05) is 26.2 Å². The highest BCUT2D eigenvalue weighted by atomic mass is 19.4. The Morgan fingerprint density at radius 2 is 1.95 bits per heavy atom. The van der Waals surface area contributed by atoms with Gasteiger partial charge in [-0.3, -0.25) is 4.79 Å². The maximum Gasteiger partial charge on any atom is 0.411 e. The number of carboxylic acids is 1. The van der Waals surface area contributed by atoms with Crippen molar-refractivity contribution in [2.45, 2.75) is 64.5 Å². The van der Waals surface area contributed by atoms with Gasteiger partial charge in [0.1, 0.15) is 6.61 Å². The van der Waals surface area contributed by atoms with Gasteiger partial charge in [0.05, 0.1) is 5.41 Å². The van der Waals surface area contributed by atoms with Gasteiger partial charge in [-0.05, 0) is 38.0 Å². The third-order valence-corrected chi connectivity index (χ3v) is 4.47. The molecule has 1 rings (SSSR count). The summed E-state index contributed by atoms with van der Waals surface area (Å²) in [6, 6.07) is 0. The summed E-state index contributed by atoms with van der Waals surface area (Å²) in [5.74, 6) is -0.333. The van der Waals surface area contributed by atoms with Crippen LogP contribution in [0.3, 0.4) is 0 Å². The minimum absolute atomic E-state index is 0.147. The molecule has 1 N–H and O–H groups in total. The monoisotopic (exact) mass is 310 g/mol. The van der Waals surface area contributed by atoms with Crippen molar-refractivity contribution < 1.29 is 27.8 Å². The SMILES string of the molecule is CCCCC1CCC(CCOCC(F)(F)F)(C(=O)O)CC1. The zero-order valence-electron chi connectivity index (χ0n) is 12.5. The van der Waals surface area contributed by atoms with Crippen molar-refractivity contribution in [3.63, 3.8) is 0 Å². The number of alkyl halides is 3. The highest BCUT2D eigenvalue weighted by Crippen LogP contribution is 2.43. The standard InChI is InChI=1S/C15H25F3O3/c1-2-3-4-12-5-7-14(8-6-12,13(19)20)9-10-21-11-15(16,17)18/h12H,2-11H2,1H3,(H,19,20). The molecule has 0 aromatic rings. The summed E-state index contributed by atoms with van der Waals surface area (Å²) in [4.78, 5) is 11.5.